The lowest BCUT2D eigenvalue weighted by atomic mass is 9.90. The Kier molecular flexibility index (Phi) is 2.76. The van der Waals surface area contributed by atoms with E-state index in [9.17, 15) is 4.79 Å². The molecule has 0 fully saturated rings. The van der Waals surface area contributed by atoms with Gasteiger partial charge in [0.2, 0.25) is 0 Å². The summed E-state index contributed by atoms with van der Waals surface area (Å²) < 4.78 is 4.86. The molecule has 2 atom stereocenters. The summed E-state index contributed by atoms with van der Waals surface area (Å²) in [5.74, 6) is 0.295. The van der Waals surface area contributed by atoms with Gasteiger partial charge in [0.1, 0.15) is 0 Å². The molecule has 2 nitrogen and oxygen atoms in total. The minimum absolute atomic E-state index is 0.0254. The van der Waals surface area contributed by atoms with Crippen LogP contribution < -0.4 is 0 Å². The molecule has 0 bridgehead atoms. The molecule has 80 valence electrons. The van der Waals surface area contributed by atoms with Gasteiger partial charge in [-0.15, -0.1) is 0 Å². The van der Waals surface area contributed by atoms with E-state index in [1.54, 1.807) is 0 Å². The highest BCUT2D eigenvalue weighted by atomic mass is 16.5. The molecule has 0 radical (unpaired) electrons. The number of fused-ring (bicyclic) bond motifs is 1. The van der Waals surface area contributed by atoms with Crippen molar-refractivity contribution in [2.24, 2.45) is 5.92 Å². The van der Waals surface area contributed by atoms with Gasteiger partial charge in [-0.05, 0) is 29.9 Å². The maximum Gasteiger partial charge on any atom is 0.309 e. The third kappa shape index (κ3) is 1.65. The van der Waals surface area contributed by atoms with Crippen LogP contribution in [0.15, 0.2) is 24.3 Å². The predicted molar refractivity (Wildman–Crippen MR) is 58.7 cm³/mol. The van der Waals surface area contributed by atoms with Crippen molar-refractivity contribution in [3.63, 3.8) is 0 Å². The number of hydrogen-bond acceptors (Lipinski definition) is 2. The van der Waals surface area contributed by atoms with Crippen molar-refractivity contribution >= 4 is 5.97 Å². The van der Waals surface area contributed by atoms with E-state index in [0.717, 1.165) is 12.8 Å². The smallest absolute Gasteiger partial charge is 0.309 e. The molecular formula is C13H16O2. The number of carbonyl (C=O) groups excluding carboxylic acids is 1. The summed E-state index contributed by atoms with van der Waals surface area (Å²) in [7, 11) is 1.47. The molecule has 2 heteroatoms. The van der Waals surface area contributed by atoms with Gasteiger partial charge in [0.05, 0.1) is 13.0 Å². The second-order valence-electron chi connectivity index (χ2n) is 4.05. The molecule has 1 aliphatic rings. The second-order valence-corrected chi connectivity index (χ2v) is 4.05. The summed E-state index contributed by atoms with van der Waals surface area (Å²) in [6.07, 6.45) is 1.83. The lowest BCUT2D eigenvalue weighted by Gasteiger charge is -2.16. The van der Waals surface area contributed by atoms with Gasteiger partial charge in [-0.1, -0.05) is 31.2 Å². The van der Waals surface area contributed by atoms with Crippen molar-refractivity contribution in [2.45, 2.75) is 25.7 Å². The molecule has 2 unspecified atom stereocenters. The molecule has 0 heterocycles. The van der Waals surface area contributed by atoms with Crippen molar-refractivity contribution in [1.82, 2.24) is 0 Å². The van der Waals surface area contributed by atoms with Crippen molar-refractivity contribution < 1.29 is 9.53 Å². The molecule has 1 aromatic rings. The Labute approximate surface area is 90.3 Å². The first-order valence-electron chi connectivity index (χ1n) is 5.43. The van der Waals surface area contributed by atoms with E-state index in [1.165, 1.54) is 18.2 Å². The minimum Gasteiger partial charge on any atom is -0.469 e. The minimum atomic E-state index is -0.0712. The summed E-state index contributed by atoms with van der Waals surface area (Å²) in [6.45, 7) is 2.13. The summed E-state index contributed by atoms with van der Waals surface area (Å²) in [4.78, 5) is 11.6. The fourth-order valence-electron chi connectivity index (χ4n) is 2.58. The molecular weight excluding hydrogens is 188 g/mol. The maximum absolute atomic E-state index is 11.6. The number of benzene rings is 1. The van der Waals surface area contributed by atoms with Crippen LogP contribution in [0.3, 0.4) is 0 Å². The zero-order chi connectivity index (χ0) is 10.8. The van der Waals surface area contributed by atoms with Crippen LogP contribution in [0.4, 0.5) is 0 Å². The maximum atomic E-state index is 11.6. The van der Waals surface area contributed by atoms with E-state index in [-0.39, 0.29) is 11.9 Å². The van der Waals surface area contributed by atoms with Crippen LogP contribution in [0.25, 0.3) is 0 Å². The van der Waals surface area contributed by atoms with Crippen molar-refractivity contribution in [2.75, 3.05) is 7.11 Å². The van der Waals surface area contributed by atoms with Crippen molar-refractivity contribution in [1.29, 1.82) is 0 Å². The van der Waals surface area contributed by atoms with Gasteiger partial charge >= 0.3 is 5.97 Å². The highest BCUT2D eigenvalue weighted by Crippen LogP contribution is 2.40. The zero-order valence-corrected chi connectivity index (χ0v) is 9.19. The molecule has 1 aromatic carbocycles. The SMILES string of the molecule is CCC1c2ccccc2CC1C(=O)OC. The standard InChI is InChI=1S/C13H16O2/c1-3-10-11-7-5-4-6-9(11)8-12(10)13(14)15-2/h4-7,10,12H,3,8H2,1-2H3. The number of carbonyl (C=O) groups is 1. The number of methoxy groups -OCH3 is 1. The van der Waals surface area contributed by atoms with E-state index < -0.39 is 0 Å². The Hall–Kier alpha value is -1.31. The lowest BCUT2D eigenvalue weighted by Crippen LogP contribution is -2.20. The van der Waals surface area contributed by atoms with E-state index in [1.807, 2.05) is 12.1 Å². The Balaban J connectivity index is 2.32. The number of hydrogen-bond donors (Lipinski definition) is 0. The van der Waals surface area contributed by atoms with Gasteiger partial charge in [-0.2, -0.15) is 0 Å². The monoisotopic (exact) mass is 204 g/mol. The third-order valence-electron chi connectivity index (χ3n) is 3.32. The summed E-state index contributed by atoms with van der Waals surface area (Å²) in [5, 5.41) is 0. The number of rotatable bonds is 2. The third-order valence-corrected chi connectivity index (χ3v) is 3.32. The first kappa shape index (κ1) is 10.2. The van der Waals surface area contributed by atoms with Gasteiger partial charge in [0.25, 0.3) is 0 Å². The van der Waals surface area contributed by atoms with Gasteiger partial charge in [-0.3, -0.25) is 4.79 Å². The predicted octanol–water partition coefficient (Wildman–Crippen LogP) is 2.53. The largest absolute Gasteiger partial charge is 0.469 e. The molecule has 1 aliphatic carbocycles. The number of esters is 1. The first-order valence-corrected chi connectivity index (χ1v) is 5.43. The summed E-state index contributed by atoms with van der Waals surface area (Å²) >= 11 is 0. The average molecular weight is 204 g/mol. The fraction of sp³-hybridized carbons (Fsp3) is 0.462. The average Bonchev–Trinajstić information content (AvgIpc) is 2.66. The van der Waals surface area contributed by atoms with E-state index in [0.29, 0.717) is 5.92 Å². The topological polar surface area (TPSA) is 26.3 Å². The van der Waals surface area contributed by atoms with Crippen LogP contribution in [0, 0.1) is 5.92 Å². The Morgan fingerprint density at radius 1 is 1.47 bits per heavy atom. The van der Waals surface area contributed by atoms with Gasteiger partial charge in [0, 0.05) is 0 Å². The van der Waals surface area contributed by atoms with Crippen LogP contribution in [0.1, 0.15) is 30.4 Å². The number of ether oxygens (including phenoxy) is 1. The molecule has 0 spiro atoms. The summed E-state index contributed by atoms with van der Waals surface area (Å²) in [5.41, 5.74) is 2.63. The molecule has 0 saturated carbocycles. The van der Waals surface area contributed by atoms with Gasteiger partial charge < -0.3 is 4.74 Å². The highest BCUT2D eigenvalue weighted by Gasteiger charge is 2.36. The Morgan fingerprint density at radius 2 is 2.20 bits per heavy atom. The van der Waals surface area contributed by atoms with Crippen molar-refractivity contribution in [3.05, 3.63) is 35.4 Å². The van der Waals surface area contributed by atoms with Crippen molar-refractivity contribution in [3.8, 4) is 0 Å². The Bertz CT molecular complexity index is 371. The quantitative estimate of drug-likeness (QED) is 0.692. The summed E-state index contributed by atoms with van der Waals surface area (Å²) in [6, 6.07) is 8.32. The van der Waals surface area contributed by atoms with Crippen LogP contribution in [-0.4, -0.2) is 13.1 Å². The molecule has 0 saturated heterocycles. The van der Waals surface area contributed by atoms with Crippen LogP contribution in [0.2, 0.25) is 0 Å². The van der Waals surface area contributed by atoms with Gasteiger partial charge in [0.15, 0.2) is 0 Å². The Morgan fingerprint density at radius 3 is 2.87 bits per heavy atom. The molecule has 0 N–H and O–H groups in total. The highest BCUT2D eigenvalue weighted by molar-refractivity contribution is 5.75. The second kappa shape index (κ2) is 4.05. The van der Waals surface area contributed by atoms with Crippen LogP contribution >= 0.6 is 0 Å². The van der Waals surface area contributed by atoms with Crippen LogP contribution in [0.5, 0.6) is 0 Å². The van der Waals surface area contributed by atoms with E-state index in [2.05, 4.69) is 19.1 Å². The zero-order valence-electron chi connectivity index (χ0n) is 9.19. The molecule has 0 aromatic heterocycles. The van der Waals surface area contributed by atoms with E-state index in [4.69, 9.17) is 4.74 Å². The molecule has 0 aliphatic heterocycles. The fourth-order valence-corrected chi connectivity index (χ4v) is 2.58. The van der Waals surface area contributed by atoms with Crippen LogP contribution in [-0.2, 0) is 16.0 Å². The molecule has 15 heavy (non-hydrogen) atoms. The normalized spacial score (nSPS) is 23.6. The lowest BCUT2D eigenvalue weighted by molar-refractivity contribution is -0.145. The van der Waals surface area contributed by atoms with Gasteiger partial charge in [-0.25, -0.2) is 0 Å². The first-order chi connectivity index (χ1) is 7.27. The molecule has 0 amide bonds. The van der Waals surface area contributed by atoms with E-state index >= 15 is 0 Å². The molecule has 2 rings (SSSR count).